The van der Waals surface area contributed by atoms with Gasteiger partial charge in [0.25, 0.3) is 0 Å². The molecular weight excluding hydrogens is 360 g/mol. The number of aliphatic hydroxyl groups is 1. The molecule has 0 radical (unpaired) electrons. The number of aryl methyl sites for hydroxylation is 1. The summed E-state index contributed by atoms with van der Waals surface area (Å²) in [7, 11) is 3.19. The van der Waals surface area contributed by atoms with E-state index in [1.165, 1.54) is 0 Å². The molecule has 0 saturated carbocycles. The fourth-order valence-electron chi connectivity index (χ4n) is 2.64. The molecule has 0 fully saturated rings. The van der Waals surface area contributed by atoms with Crippen LogP contribution in [0.15, 0.2) is 34.9 Å². The van der Waals surface area contributed by atoms with Gasteiger partial charge < -0.3 is 14.6 Å². The Kier molecular flexibility index (Phi) is 4.28. The number of benzene rings is 1. The molecule has 5 nitrogen and oxygen atoms in total. The Morgan fingerprint density at radius 1 is 1.17 bits per heavy atom. The van der Waals surface area contributed by atoms with Crippen molar-refractivity contribution in [2.24, 2.45) is 0 Å². The molecule has 0 atom stereocenters. The highest BCUT2D eigenvalue weighted by Crippen LogP contribution is 2.34. The number of aliphatic hydroxyl groups excluding tert-OH is 1. The summed E-state index contributed by atoms with van der Waals surface area (Å²) >= 11 is 3.54. The van der Waals surface area contributed by atoms with E-state index in [1.54, 1.807) is 14.2 Å². The van der Waals surface area contributed by atoms with Gasteiger partial charge in [0.1, 0.15) is 0 Å². The second kappa shape index (κ2) is 6.22. The number of fused-ring (bicyclic) bond motifs is 1. The van der Waals surface area contributed by atoms with Gasteiger partial charge in [-0.1, -0.05) is 0 Å². The maximum absolute atomic E-state index is 9.84. The van der Waals surface area contributed by atoms with Gasteiger partial charge in [-0.25, -0.2) is 4.98 Å². The first kappa shape index (κ1) is 15.8. The zero-order valence-corrected chi connectivity index (χ0v) is 14.7. The normalized spacial score (nSPS) is 11.0. The van der Waals surface area contributed by atoms with Crippen LogP contribution in [0.1, 0.15) is 11.3 Å². The van der Waals surface area contributed by atoms with Gasteiger partial charge in [0, 0.05) is 11.8 Å². The van der Waals surface area contributed by atoms with Crippen LogP contribution in [-0.4, -0.2) is 28.7 Å². The third kappa shape index (κ3) is 2.68. The second-order valence-corrected chi connectivity index (χ2v) is 6.05. The number of rotatable bonds is 4. The molecule has 23 heavy (non-hydrogen) atoms. The smallest absolute Gasteiger partial charge is 0.161 e. The number of hydrogen-bond acceptors (Lipinski definition) is 4. The molecule has 0 unspecified atom stereocenters. The Balaban J connectivity index is 2.26. The van der Waals surface area contributed by atoms with Crippen molar-refractivity contribution in [3.63, 3.8) is 0 Å². The molecule has 3 rings (SSSR count). The number of pyridine rings is 1. The van der Waals surface area contributed by atoms with E-state index in [-0.39, 0.29) is 6.61 Å². The number of hydrogen-bond donors (Lipinski definition) is 1. The van der Waals surface area contributed by atoms with E-state index in [0.29, 0.717) is 11.5 Å². The Morgan fingerprint density at radius 3 is 2.57 bits per heavy atom. The first-order valence-electron chi connectivity index (χ1n) is 7.09. The lowest BCUT2D eigenvalue weighted by molar-refractivity contribution is 0.276. The van der Waals surface area contributed by atoms with Gasteiger partial charge in [-0.15, -0.1) is 0 Å². The maximum atomic E-state index is 9.84. The molecule has 3 aromatic rings. The predicted molar refractivity (Wildman–Crippen MR) is 92.1 cm³/mol. The third-order valence-electron chi connectivity index (χ3n) is 3.72. The van der Waals surface area contributed by atoms with Crippen LogP contribution in [0.3, 0.4) is 0 Å². The lowest BCUT2D eigenvalue weighted by atomic mass is 10.1. The van der Waals surface area contributed by atoms with Crippen molar-refractivity contribution < 1.29 is 14.6 Å². The van der Waals surface area contributed by atoms with Gasteiger partial charge in [-0.05, 0) is 52.7 Å². The fraction of sp³-hybridized carbons (Fsp3) is 0.235. The highest BCUT2D eigenvalue weighted by Gasteiger charge is 2.17. The maximum Gasteiger partial charge on any atom is 0.161 e. The van der Waals surface area contributed by atoms with E-state index in [2.05, 4.69) is 20.9 Å². The molecule has 0 aliphatic rings. The Bertz CT molecular complexity index is 874. The van der Waals surface area contributed by atoms with Crippen molar-refractivity contribution in [1.82, 2.24) is 9.38 Å². The summed E-state index contributed by atoms with van der Waals surface area (Å²) in [6.45, 7) is 1.89. The van der Waals surface area contributed by atoms with Crippen molar-refractivity contribution in [3.8, 4) is 22.8 Å². The van der Waals surface area contributed by atoms with E-state index >= 15 is 0 Å². The van der Waals surface area contributed by atoms with Gasteiger partial charge >= 0.3 is 0 Å². The SMILES string of the molecule is COc1ccc(-c2nc3c(Br)cc(C)cn3c2CO)cc1OC. The number of aromatic nitrogens is 2. The minimum Gasteiger partial charge on any atom is -0.493 e. The van der Waals surface area contributed by atoms with Crippen LogP contribution < -0.4 is 9.47 Å². The molecule has 1 aromatic carbocycles. The zero-order chi connectivity index (χ0) is 16.6. The highest BCUT2D eigenvalue weighted by atomic mass is 79.9. The highest BCUT2D eigenvalue weighted by molar-refractivity contribution is 9.10. The molecule has 2 aromatic heterocycles. The van der Waals surface area contributed by atoms with Crippen LogP contribution in [0.4, 0.5) is 0 Å². The molecule has 120 valence electrons. The Morgan fingerprint density at radius 2 is 1.91 bits per heavy atom. The molecule has 1 N–H and O–H groups in total. The Hall–Kier alpha value is -2.05. The first-order chi connectivity index (χ1) is 11.1. The number of methoxy groups -OCH3 is 2. The van der Waals surface area contributed by atoms with Gasteiger partial charge in [0.15, 0.2) is 17.1 Å². The van der Waals surface area contributed by atoms with E-state index in [4.69, 9.17) is 9.47 Å². The first-order valence-corrected chi connectivity index (χ1v) is 7.88. The predicted octanol–water partition coefficient (Wildman–Crippen LogP) is 3.58. The average molecular weight is 377 g/mol. The van der Waals surface area contributed by atoms with Crippen LogP contribution in [-0.2, 0) is 6.61 Å². The van der Waals surface area contributed by atoms with Crippen molar-refractivity contribution in [3.05, 3.63) is 46.2 Å². The van der Waals surface area contributed by atoms with E-state index in [9.17, 15) is 5.11 Å². The van der Waals surface area contributed by atoms with E-state index in [1.807, 2.05) is 41.8 Å². The summed E-state index contributed by atoms with van der Waals surface area (Å²) in [4.78, 5) is 4.69. The van der Waals surface area contributed by atoms with Crippen LogP contribution in [0, 0.1) is 6.92 Å². The van der Waals surface area contributed by atoms with E-state index in [0.717, 1.165) is 32.6 Å². The summed E-state index contributed by atoms with van der Waals surface area (Å²) < 4.78 is 13.4. The van der Waals surface area contributed by atoms with Crippen molar-refractivity contribution in [2.75, 3.05) is 14.2 Å². The number of nitrogens with zero attached hydrogens (tertiary/aromatic N) is 2. The van der Waals surface area contributed by atoms with Gasteiger partial charge in [-0.3, -0.25) is 4.40 Å². The van der Waals surface area contributed by atoms with Crippen molar-refractivity contribution in [2.45, 2.75) is 13.5 Å². The lowest BCUT2D eigenvalue weighted by Gasteiger charge is -2.09. The van der Waals surface area contributed by atoms with Gasteiger partial charge in [0.2, 0.25) is 0 Å². The standard InChI is InChI=1S/C17H17BrN2O3/c1-10-6-12(18)17-19-16(13(9-21)20(17)8-10)11-4-5-14(22-2)15(7-11)23-3/h4-8,21H,9H2,1-3H3. The van der Waals surface area contributed by atoms with Crippen LogP contribution in [0.5, 0.6) is 11.5 Å². The second-order valence-electron chi connectivity index (χ2n) is 5.19. The van der Waals surface area contributed by atoms with Gasteiger partial charge in [-0.2, -0.15) is 0 Å². The van der Waals surface area contributed by atoms with Gasteiger partial charge in [0.05, 0.1) is 36.7 Å². The van der Waals surface area contributed by atoms with E-state index < -0.39 is 0 Å². The summed E-state index contributed by atoms with van der Waals surface area (Å²) in [5, 5.41) is 9.84. The molecule has 0 spiro atoms. The lowest BCUT2D eigenvalue weighted by Crippen LogP contribution is -1.96. The van der Waals surface area contributed by atoms with Crippen molar-refractivity contribution in [1.29, 1.82) is 0 Å². The topological polar surface area (TPSA) is 56.0 Å². The average Bonchev–Trinajstić information content (AvgIpc) is 2.92. The van der Waals surface area contributed by atoms with Crippen LogP contribution in [0.2, 0.25) is 0 Å². The molecule has 0 aliphatic heterocycles. The number of halogens is 1. The zero-order valence-electron chi connectivity index (χ0n) is 13.1. The molecule has 0 aliphatic carbocycles. The monoisotopic (exact) mass is 376 g/mol. The molecular formula is C17H17BrN2O3. The minimum absolute atomic E-state index is 0.110. The minimum atomic E-state index is -0.110. The third-order valence-corrected chi connectivity index (χ3v) is 4.30. The summed E-state index contributed by atoms with van der Waals surface area (Å²) in [5.41, 5.74) is 4.16. The molecule has 0 saturated heterocycles. The summed E-state index contributed by atoms with van der Waals surface area (Å²) in [6, 6.07) is 7.60. The largest absolute Gasteiger partial charge is 0.493 e. The summed E-state index contributed by atoms with van der Waals surface area (Å²) in [6.07, 6.45) is 1.96. The molecule has 0 bridgehead atoms. The number of ether oxygens (including phenoxy) is 2. The molecule has 2 heterocycles. The van der Waals surface area contributed by atoms with Crippen molar-refractivity contribution >= 4 is 21.6 Å². The Labute approximate surface area is 142 Å². The molecule has 0 amide bonds. The van der Waals surface area contributed by atoms with Crippen LogP contribution in [0.25, 0.3) is 16.9 Å². The van der Waals surface area contributed by atoms with Crippen LogP contribution >= 0.6 is 15.9 Å². The molecule has 6 heteroatoms. The fourth-order valence-corrected chi connectivity index (χ4v) is 3.29. The summed E-state index contributed by atoms with van der Waals surface area (Å²) in [5.74, 6) is 1.28. The number of imidazole rings is 1. The quantitative estimate of drug-likeness (QED) is 0.755.